The van der Waals surface area contributed by atoms with Crippen LogP contribution in [-0.4, -0.2) is 17.7 Å². The summed E-state index contributed by atoms with van der Waals surface area (Å²) in [6.45, 7) is 4.67. The van der Waals surface area contributed by atoms with Gasteiger partial charge in [0.1, 0.15) is 11.4 Å². The molecule has 0 amide bonds. The number of aliphatic hydroxyl groups is 1. The third kappa shape index (κ3) is 3.33. The summed E-state index contributed by atoms with van der Waals surface area (Å²) in [4.78, 5) is 0. The van der Waals surface area contributed by atoms with Gasteiger partial charge in [0.25, 0.3) is 0 Å². The molecule has 1 fully saturated rings. The minimum absolute atomic E-state index is 0.549. The predicted molar refractivity (Wildman–Crippen MR) is 67.7 cm³/mol. The summed E-state index contributed by atoms with van der Waals surface area (Å²) in [5, 5.41) is 13.8. The Morgan fingerprint density at radius 1 is 1.41 bits per heavy atom. The van der Waals surface area contributed by atoms with Crippen molar-refractivity contribution in [2.75, 3.05) is 6.54 Å². The van der Waals surface area contributed by atoms with Gasteiger partial charge in [0.15, 0.2) is 0 Å². The number of rotatable bonds is 4. The van der Waals surface area contributed by atoms with Crippen LogP contribution in [0.1, 0.15) is 45.3 Å². The molecule has 96 valence electrons. The van der Waals surface area contributed by atoms with Crippen molar-refractivity contribution in [3.63, 3.8) is 0 Å². The molecule has 0 bridgehead atoms. The van der Waals surface area contributed by atoms with Crippen molar-refractivity contribution in [3.05, 3.63) is 24.2 Å². The van der Waals surface area contributed by atoms with Crippen LogP contribution in [0.25, 0.3) is 0 Å². The summed E-state index contributed by atoms with van der Waals surface area (Å²) in [5.74, 6) is 1.49. The summed E-state index contributed by atoms with van der Waals surface area (Å²) in [7, 11) is 0. The molecule has 1 aliphatic carbocycles. The lowest BCUT2D eigenvalue weighted by atomic mass is 9.87. The molecule has 3 heteroatoms. The Kier molecular flexibility index (Phi) is 3.89. The number of furan rings is 1. The fraction of sp³-hybridized carbons (Fsp3) is 0.714. The van der Waals surface area contributed by atoms with Gasteiger partial charge in [-0.3, -0.25) is 0 Å². The molecule has 0 aromatic carbocycles. The van der Waals surface area contributed by atoms with Gasteiger partial charge < -0.3 is 14.8 Å². The predicted octanol–water partition coefficient (Wildman–Crippen LogP) is 2.66. The third-order valence-corrected chi connectivity index (χ3v) is 3.80. The maximum Gasteiger partial charge on any atom is 0.136 e. The first-order chi connectivity index (χ1) is 8.08. The van der Waals surface area contributed by atoms with Gasteiger partial charge in [0.05, 0.1) is 6.26 Å². The monoisotopic (exact) mass is 237 g/mol. The van der Waals surface area contributed by atoms with Crippen LogP contribution in [0.4, 0.5) is 0 Å². The van der Waals surface area contributed by atoms with Gasteiger partial charge in [-0.05, 0) is 50.7 Å². The average molecular weight is 237 g/mol. The Morgan fingerprint density at radius 2 is 2.12 bits per heavy atom. The SMILES string of the molecule is CC1CCC(NCC(C)(O)c2ccco2)CC1. The molecule has 1 aliphatic rings. The Bertz CT molecular complexity index is 324. The van der Waals surface area contributed by atoms with E-state index in [1.807, 2.05) is 12.1 Å². The molecule has 17 heavy (non-hydrogen) atoms. The molecule has 0 aliphatic heterocycles. The first-order valence-electron chi connectivity index (χ1n) is 6.57. The summed E-state index contributed by atoms with van der Waals surface area (Å²) in [6.07, 6.45) is 6.62. The van der Waals surface area contributed by atoms with Crippen LogP contribution in [0, 0.1) is 5.92 Å². The molecular weight excluding hydrogens is 214 g/mol. The Morgan fingerprint density at radius 3 is 2.71 bits per heavy atom. The van der Waals surface area contributed by atoms with Gasteiger partial charge >= 0.3 is 0 Å². The molecule has 1 aromatic rings. The van der Waals surface area contributed by atoms with Crippen molar-refractivity contribution in [1.29, 1.82) is 0 Å². The van der Waals surface area contributed by atoms with E-state index >= 15 is 0 Å². The largest absolute Gasteiger partial charge is 0.466 e. The van der Waals surface area contributed by atoms with E-state index in [9.17, 15) is 5.11 Å². The zero-order valence-corrected chi connectivity index (χ0v) is 10.8. The second-order valence-corrected chi connectivity index (χ2v) is 5.59. The minimum atomic E-state index is -0.910. The van der Waals surface area contributed by atoms with Crippen molar-refractivity contribution in [2.24, 2.45) is 5.92 Å². The van der Waals surface area contributed by atoms with Crippen LogP contribution in [0.15, 0.2) is 22.8 Å². The molecule has 1 heterocycles. The summed E-state index contributed by atoms with van der Waals surface area (Å²) in [5.41, 5.74) is -0.910. The highest BCUT2D eigenvalue weighted by molar-refractivity contribution is 5.08. The van der Waals surface area contributed by atoms with Gasteiger partial charge in [0.2, 0.25) is 0 Å². The zero-order valence-electron chi connectivity index (χ0n) is 10.8. The van der Waals surface area contributed by atoms with Crippen molar-refractivity contribution in [2.45, 2.75) is 51.2 Å². The highest BCUT2D eigenvalue weighted by Crippen LogP contribution is 2.25. The van der Waals surface area contributed by atoms with Crippen LogP contribution in [0.2, 0.25) is 0 Å². The molecule has 2 N–H and O–H groups in total. The van der Waals surface area contributed by atoms with Crippen LogP contribution < -0.4 is 5.32 Å². The quantitative estimate of drug-likeness (QED) is 0.846. The lowest BCUT2D eigenvalue weighted by Gasteiger charge is -2.30. The van der Waals surface area contributed by atoms with Gasteiger partial charge in [0, 0.05) is 12.6 Å². The second kappa shape index (κ2) is 5.23. The number of hydrogen-bond acceptors (Lipinski definition) is 3. The molecule has 1 aromatic heterocycles. The van der Waals surface area contributed by atoms with Crippen LogP contribution in [0.3, 0.4) is 0 Å². The van der Waals surface area contributed by atoms with Gasteiger partial charge in [-0.15, -0.1) is 0 Å². The average Bonchev–Trinajstić information content (AvgIpc) is 2.82. The highest BCUT2D eigenvalue weighted by Gasteiger charge is 2.27. The first kappa shape index (κ1) is 12.7. The van der Waals surface area contributed by atoms with E-state index in [0.717, 1.165) is 5.92 Å². The van der Waals surface area contributed by atoms with Gasteiger partial charge in [-0.25, -0.2) is 0 Å². The molecule has 1 saturated carbocycles. The van der Waals surface area contributed by atoms with E-state index < -0.39 is 5.60 Å². The zero-order chi connectivity index (χ0) is 12.3. The fourth-order valence-corrected chi connectivity index (χ4v) is 2.48. The standard InChI is InChI=1S/C14H23NO2/c1-11-5-7-12(8-6-11)15-10-14(2,16)13-4-3-9-17-13/h3-4,9,11-12,15-16H,5-8,10H2,1-2H3. The lowest BCUT2D eigenvalue weighted by molar-refractivity contribution is 0.0298. The van der Waals surface area contributed by atoms with Crippen LogP contribution in [0.5, 0.6) is 0 Å². The summed E-state index contributed by atoms with van der Waals surface area (Å²) < 4.78 is 5.27. The maximum absolute atomic E-state index is 10.3. The smallest absolute Gasteiger partial charge is 0.136 e. The van der Waals surface area contributed by atoms with Crippen LogP contribution in [-0.2, 0) is 5.60 Å². The molecule has 0 spiro atoms. The van der Waals surface area contributed by atoms with Crippen molar-refractivity contribution in [3.8, 4) is 0 Å². The molecule has 2 rings (SSSR count). The van der Waals surface area contributed by atoms with E-state index in [1.165, 1.54) is 25.7 Å². The van der Waals surface area contributed by atoms with E-state index in [1.54, 1.807) is 13.2 Å². The minimum Gasteiger partial charge on any atom is -0.466 e. The maximum atomic E-state index is 10.3. The summed E-state index contributed by atoms with van der Waals surface area (Å²) >= 11 is 0. The Hall–Kier alpha value is -0.800. The topological polar surface area (TPSA) is 45.4 Å². The highest BCUT2D eigenvalue weighted by atomic mass is 16.4. The molecule has 0 saturated heterocycles. The number of nitrogens with one attached hydrogen (secondary N) is 1. The Balaban J connectivity index is 1.81. The van der Waals surface area contributed by atoms with Gasteiger partial charge in [-0.1, -0.05) is 6.92 Å². The van der Waals surface area contributed by atoms with Crippen molar-refractivity contribution in [1.82, 2.24) is 5.32 Å². The van der Waals surface area contributed by atoms with Crippen molar-refractivity contribution < 1.29 is 9.52 Å². The van der Waals surface area contributed by atoms with Gasteiger partial charge in [-0.2, -0.15) is 0 Å². The molecule has 3 nitrogen and oxygen atoms in total. The second-order valence-electron chi connectivity index (χ2n) is 5.59. The first-order valence-corrected chi connectivity index (χ1v) is 6.57. The third-order valence-electron chi connectivity index (χ3n) is 3.80. The normalized spacial score (nSPS) is 28.9. The summed E-state index contributed by atoms with van der Waals surface area (Å²) in [6, 6.07) is 4.18. The Labute approximate surface area is 103 Å². The fourth-order valence-electron chi connectivity index (χ4n) is 2.48. The number of hydrogen-bond donors (Lipinski definition) is 2. The molecular formula is C14H23NO2. The van der Waals surface area contributed by atoms with E-state index in [0.29, 0.717) is 18.3 Å². The van der Waals surface area contributed by atoms with E-state index in [-0.39, 0.29) is 0 Å². The molecule has 1 atom stereocenters. The van der Waals surface area contributed by atoms with Crippen LogP contribution >= 0.6 is 0 Å². The van der Waals surface area contributed by atoms with E-state index in [2.05, 4.69) is 12.2 Å². The molecule has 0 radical (unpaired) electrons. The lowest BCUT2D eigenvalue weighted by Crippen LogP contribution is -2.42. The van der Waals surface area contributed by atoms with Crippen molar-refractivity contribution >= 4 is 0 Å². The molecule has 1 unspecified atom stereocenters. The van der Waals surface area contributed by atoms with E-state index in [4.69, 9.17) is 4.42 Å².